The van der Waals surface area contributed by atoms with Crippen LogP contribution in [-0.2, 0) is 16.8 Å². The molecule has 1 aromatic carbocycles. The van der Waals surface area contributed by atoms with Crippen LogP contribution in [0.1, 0.15) is 11.1 Å². The van der Waals surface area contributed by atoms with Crippen molar-refractivity contribution in [3.63, 3.8) is 0 Å². The van der Waals surface area contributed by atoms with E-state index in [2.05, 4.69) is 0 Å². The molecule has 0 aliphatic rings. The molecule has 0 aromatic heterocycles. The van der Waals surface area contributed by atoms with Crippen LogP contribution in [0.3, 0.4) is 0 Å². The van der Waals surface area contributed by atoms with Crippen molar-refractivity contribution in [1.29, 1.82) is 0 Å². The first-order valence-corrected chi connectivity index (χ1v) is 5.80. The largest absolute Gasteiger partial charge is 0.276 e. The Morgan fingerprint density at radius 2 is 2.07 bits per heavy atom. The van der Waals surface area contributed by atoms with Gasteiger partial charge >= 0.3 is 0 Å². The molecule has 0 unspecified atom stereocenters. The maximum absolute atomic E-state index is 13.1. The van der Waals surface area contributed by atoms with Crippen LogP contribution in [0.2, 0.25) is 0 Å². The molecule has 2 N–H and O–H groups in total. The number of halogens is 1. The van der Waals surface area contributed by atoms with Gasteiger partial charge in [0.05, 0.1) is 0 Å². The Morgan fingerprint density at radius 3 is 2.53 bits per heavy atom. The van der Waals surface area contributed by atoms with Gasteiger partial charge in [0, 0.05) is 13.6 Å². The van der Waals surface area contributed by atoms with Crippen molar-refractivity contribution in [2.24, 2.45) is 5.14 Å². The smallest absolute Gasteiger partial charge is 0.216 e. The van der Waals surface area contributed by atoms with Gasteiger partial charge < -0.3 is 0 Å². The maximum Gasteiger partial charge on any atom is 0.276 e. The Labute approximate surface area is 88.7 Å². The Morgan fingerprint density at radius 1 is 1.47 bits per heavy atom. The van der Waals surface area contributed by atoms with E-state index >= 15 is 0 Å². The van der Waals surface area contributed by atoms with E-state index in [9.17, 15) is 12.8 Å². The van der Waals surface area contributed by atoms with E-state index < -0.39 is 10.2 Å². The molecule has 0 heterocycles. The van der Waals surface area contributed by atoms with E-state index in [0.29, 0.717) is 11.1 Å². The van der Waals surface area contributed by atoms with E-state index in [1.165, 1.54) is 13.1 Å². The van der Waals surface area contributed by atoms with Crippen molar-refractivity contribution in [1.82, 2.24) is 4.31 Å². The second kappa shape index (κ2) is 4.26. The number of benzene rings is 1. The first-order valence-electron chi connectivity index (χ1n) is 4.30. The molecule has 0 fully saturated rings. The third-order valence-corrected chi connectivity index (χ3v) is 3.07. The third kappa shape index (κ3) is 3.26. The summed E-state index contributed by atoms with van der Waals surface area (Å²) in [5, 5.41) is 4.90. The van der Waals surface area contributed by atoms with Crippen molar-refractivity contribution >= 4 is 10.2 Å². The normalized spacial score (nSPS) is 12.1. The van der Waals surface area contributed by atoms with Crippen molar-refractivity contribution in [2.75, 3.05) is 7.05 Å². The molecular weight excluding hydrogens is 219 g/mol. The predicted molar refractivity (Wildman–Crippen MR) is 55.7 cm³/mol. The molecule has 0 spiro atoms. The molecule has 0 amide bonds. The Bertz CT molecular complexity index is 459. The Kier molecular flexibility index (Phi) is 3.43. The lowest BCUT2D eigenvalue weighted by molar-refractivity contribution is 0.466. The van der Waals surface area contributed by atoms with E-state index in [4.69, 9.17) is 5.14 Å². The summed E-state index contributed by atoms with van der Waals surface area (Å²) in [6.07, 6.45) is 0. The summed E-state index contributed by atoms with van der Waals surface area (Å²) in [4.78, 5) is 0. The SMILES string of the molecule is Cc1ccc(CN(C)S(N)(=O)=O)cc1F. The zero-order valence-corrected chi connectivity index (χ0v) is 9.38. The Hall–Kier alpha value is -0.980. The summed E-state index contributed by atoms with van der Waals surface area (Å²) in [5.74, 6) is -0.352. The average molecular weight is 232 g/mol. The number of nitrogens with two attached hydrogens (primary N) is 1. The molecule has 6 heteroatoms. The van der Waals surface area contributed by atoms with Crippen molar-refractivity contribution in [2.45, 2.75) is 13.5 Å². The lowest BCUT2D eigenvalue weighted by Crippen LogP contribution is -2.32. The molecule has 0 bridgehead atoms. The number of hydrogen-bond acceptors (Lipinski definition) is 2. The van der Waals surface area contributed by atoms with Gasteiger partial charge in [-0.05, 0) is 24.1 Å². The van der Waals surface area contributed by atoms with Gasteiger partial charge in [-0.1, -0.05) is 12.1 Å². The molecule has 0 atom stereocenters. The highest BCUT2D eigenvalue weighted by atomic mass is 32.2. The first kappa shape index (κ1) is 12.1. The van der Waals surface area contributed by atoms with E-state index in [1.54, 1.807) is 19.1 Å². The summed E-state index contributed by atoms with van der Waals surface area (Å²) in [6, 6.07) is 4.57. The molecule has 0 aliphatic heterocycles. The van der Waals surface area contributed by atoms with E-state index in [-0.39, 0.29) is 12.4 Å². The van der Waals surface area contributed by atoms with Gasteiger partial charge in [-0.15, -0.1) is 0 Å². The molecule has 84 valence electrons. The fraction of sp³-hybridized carbons (Fsp3) is 0.333. The minimum atomic E-state index is -3.71. The van der Waals surface area contributed by atoms with Gasteiger partial charge in [0.15, 0.2) is 0 Å². The lowest BCUT2D eigenvalue weighted by Gasteiger charge is -2.13. The molecule has 4 nitrogen and oxygen atoms in total. The van der Waals surface area contributed by atoms with Gasteiger partial charge in [-0.3, -0.25) is 0 Å². The molecular formula is C9H13FN2O2S. The van der Waals surface area contributed by atoms with Gasteiger partial charge in [0.1, 0.15) is 5.82 Å². The van der Waals surface area contributed by atoms with Crippen molar-refractivity contribution < 1.29 is 12.8 Å². The summed E-state index contributed by atoms with van der Waals surface area (Å²) in [7, 11) is -2.37. The van der Waals surface area contributed by atoms with Crippen LogP contribution in [0, 0.1) is 12.7 Å². The topological polar surface area (TPSA) is 63.4 Å². The number of rotatable bonds is 3. The minimum Gasteiger partial charge on any atom is -0.216 e. The standard InChI is InChI=1S/C9H13FN2O2S/c1-7-3-4-8(5-9(7)10)6-12(2)15(11,13)14/h3-5H,6H2,1-2H3,(H2,11,13,14). The molecule has 0 aliphatic carbocycles. The van der Waals surface area contributed by atoms with Crippen LogP contribution in [0.25, 0.3) is 0 Å². The predicted octanol–water partition coefficient (Wildman–Crippen LogP) is 0.769. The van der Waals surface area contributed by atoms with Crippen LogP contribution in [0.15, 0.2) is 18.2 Å². The molecule has 0 saturated carbocycles. The zero-order valence-electron chi connectivity index (χ0n) is 8.57. The van der Waals surface area contributed by atoms with Gasteiger partial charge in [-0.25, -0.2) is 9.53 Å². The monoisotopic (exact) mass is 232 g/mol. The molecule has 1 aromatic rings. The van der Waals surface area contributed by atoms with Crippen LogP contribution in [-0.4, -0.2) is 19.8 Å². The highest BCUT2D eigenvalue weighted by molar-refractivity contribution is 7.86. The van der Waals surface area contributed by atoms with Crippen LogP contribution >= 0.6 is 0 Å². The van der Waals surface area contributed by atoms with E-state index in [1.807, 2.05) is 0 Å². The summed E-state index contributed by atoms with van der Waals surface area (Å²) >= 11 is 0. The lowest BCUT2D eigenvalue weighted by atomic mass is 10.1. The van der Waals surface area contributed by atoms with Gasteiger partial charge in [-0.2, -0.15) is 12.7 Å². The maximum atomic E-state index is 13.1. The second-order valence-electron chi connectivity index (χ2n) is 3.38. The molecule has 0 saturated heterocycles. The van der Waals surface area contributed by atoms with Crippen LogP contribution in [0.4, 0.5) is 4.39 Å². The van der Waals surface area contributed by atoms with Gasteiger partial charge in [0.2, 0.25) is 0 Å². The fourth-order valence-electron chi connectivity index (χ4n) is 1.08. The number of aryl methyl sites for hydroxylation is 1. The second-order valence-corrected chi connectivity index (χ2v) is 5.04. The Balaban J connectivity index is 2.87. The zero-order chi connectivity index (χ0) is 11.6. The summed E-state index contributed by atoms with van der Waals surface area (Å²) < 4.78 is 35.9. The highest BCUT2D eigenvalue weighted by Crippen LogP contribution is 2.11. The number of nitrogens with zero attached hydrogens (tertiary/aromatic N) is 1. The first-order chi connectivity index (χ1) is 6.80. The van der Waals surface area contributed by atoms with E-state index in [0.717, 1.165) is 4.31 Å². The average Bonchev–Trinajstić information content (AvgIpc) is 2.10. The highest BCUT2D eigenvalue weighted by Gasteiger charge is 2.12. The minimum absolute atomic E-state index is 0.0655. The molecule has 0 radical (unpaired) electrons. The van der Waals surface area contributed by atoms with Crippen molar-refractivity contribution in [3.05, 3.63) is 35.1 Å². The van der Waals surface area contributed by atoms with Crippen LogP contribution in [0.5, 0.6) is 0 Å². The number of hydrogen-bond donors (Lipinski definition) is 1. The fourth-order valence-corrected chi connectivity index (χ4v) is 1.41. The summed E-state index contributed by atoms with van der Waals surface area (Å²) in [5.41, 5.74) is 1.09. The van der Waals surface area contributed by atoms with Crippen LogP contribution < -0.4 is 5.14 Å². The molecule has 1 rings (SSSR count). The quantitative estimate of drug-likeness (QED) is 0.836. The molecule has 15 heavy (non-hydrogen) atoms. The third-order valence-electron chi connectivity index (χ3n) is 2.08. The summed E-state index contributed by atoms with van der Waals surface area (Å²) in [6.45, 7) is 1.71. The van der Waals surface area contributed by atoms with Gasteiger partial charge in [0.25, 0.3) is 10.2 Å². The van der Waals surface area contributed by atoms with Crippen molar-refractivity contribution in [3.8, 4) is 0 Å².